The van der Waals surface area contributed by atoms with Crippen LogP contribution in [0.4, 0.5) is 0 Å². The molecule has 0 heterocycles. The molecule has 0 atom stereocenters. The van der Waals surface area contributed by atoms with Crippen LogP contribution in [0.2, 0.25) is 16.2 Å². The molecule has 0 saturated carbocycles. The van der Waals surface area contributed by atoms with Gasteiger partial charge in [-0.2, -0.15) is 0 Å². The van der Waals surface area contributed by atoms with Crippen molar-refractivity contribution in [3.05, 3.63) is 0 Å². The molecule has 0 N–H and O–H groups in total. The van der Waals surface area contributed by atoms with Crippen molar-refractivity contribution in [2.45, 2.75) is 16.2 Å². The Bertz CT molecular complexity index is 74.9. The van der Waals surface area contributed by atoms with Gasteiger partial charge in [-0.15, -0.1) is 0 Å². The number of rotatable bonds is 2. The molecule has 0 spiro atoms. The second kappa shape index (κ2) is 2.27. The number of methoxy groups -OCH3 is 1. The van der Waals surface area contributed by atoms with Gasteiger partial charge in [-0.25, -0.2) is 0 Å². The predicted octanol–water partition coefficient (Wildman–Crippen LogP) is 2.58. The molecule has 0 aliphatic rings. The zero-order valence-corrected chi connectivity index (χ0v) is 9.34. The van der Waals surface area contributed by atoms with Crippen LogP contribution in [0.15, 0.2) is 0 Å². The van der Waals surface area contributed by atoms with Gasteiger partial charge in [-0.05, 0) is 0 Å². The van der Waals surface area contributed by atoms with Crippen LogP contribution in [0.3, 0.4) is 0 Å². The van der Waals surface area contributed by atoms with Crippen LogP contribution in [0.1, 0.15) is 0 Å². The van der Waals surface area contributed by atoms with E-state index in [1.54, 1.807) is 7.11 Å². The minimum atomic E-state index is -2.55. The van der Waals surface area contributed by atoms with Crippen molar-refractivity contribution in [3.63, 3.8) is 0 Å². The van der Waals surface area contributed by atoms with E-state index in [4.69, 9.17) is 14.3 Å². The third-order valence-corrected chi connectivity index (χ3v) is 4.59. The van der Waals surface area contributed by atoms with E-state index in [1.165, 1.54) is 0 Å². The predicted molar refractivity (Wildman–Crippen MR) is 35.3 cm³/mol. The van der Waals surface area contributed by atoms with Crippen LogP contribution < -0.4 is 0 Å². The fourth-order valence-corrected chi connectivity index (χ4v) is 3.69. The third-order valence-electron chi connectivity index (χ3n) is 0.478. The molecule has 0 radical (unpaired) electrons. The van der Waals surface area contributed by atoms with Crippen molar-refractivity contribution in [2.75, 3.05) is 12.2 Å². The second-order valence-corrected chi connectivity index (χ2v) is 30.0. The molecule has 3 heteroatoms. The van der Waals surface area contributed by atoms with Crippen LogP contribution in [0, 0.1) is 0 Å². The monoisotopic (exact) mass is 312 g/mol. The van der Waals surface area contributed by atoms with Gasteiger partial charge in [-0.1, -0.05) is 0 Å². The van der Waals surface area contributed by atoms with Gasteiger partial charge in [0.05, 0.1) is 0 Å². The zero-order chi connectivity index (χ0) is 6.86. The summed E-state index contributed by atoms with van der Waals surface area (Å²) in [6, 6.07) is 0. The van der Waals surface area contributed by atoms with Gasteiger partial charge in [0.25, 0.3) is 0 Å². The van der Waals surface area contributed by atoms with Crippen LogP contribution in [-0.4, -0.2) is 12.2 Å². The molecule has 1 nitrogen and oxygen atoms in total. The van der Waals surface area contributed by atoms with Crippen molar-refractivity contribution >= 4 is 9.53 Å². The standard InChI is InChI=1S/C2H5O.3CH3.ClH.Re/c1-3-2;;;;;/h1H2,2H3;3*1H3;1H;/q;;;;;+1/p-1. The average molecular weight is 312 g/mol. The van der Waals surface area contributed by atoms with Gasteiger partial charge < -0.3 is 0 Å². The van der Waals surface area contributed by atoms with Gasteiger partial charge >= 0.3 is 55.9 Å². The molecule has 54 valence electrons. The van der Waals surface area contributed by atoms with Gasteiger partial charge in [0, 0.05) is 0 Å². The molecule has 0 saturated heterocycles. The molecule has 0 amide bonds. The quantitative estimate of drug-likeness (QED) is 0.761. The minimum absolute atomic E-state index is 0.774. The molecule has 0 aromatic carbocycles. The molecule has 0 aromatic heterocycles. The van der Waals surface area contributed by atoms with Gasteiger partial charge in [0.1, 0.15) is 0 Å². The van der Waals surface area contributed by atoms with Crippen molar-refractivity contribution in [3.8, 4) is 0 Å². The van der Waals surface area contributed by atoms with Crippen LogP contribution >= 0.6 is 9.53 Å². The topological polar surface area (TPSA) is 9.23 Å². The number of ether oxygens (including phenoxy) is 1. The molecule has 0 aromatic rings. The second-order valence-electron chi connectivity index (χ2n) is 2.86. The Balaban J connectivity index is 3.73. The van der Waals surface area contributed by atoms with Crippen molar-refractivity contribution in [1.29, 1.82) is 0 Å². The molecule has 0 bridgehead atoms. The summed E-state index contributed by atoms with van der Waals surface area (Å²) in [5.41, 5.74) is 0. The van der Waals surface area contributed by atoms with Gasteiger partial charge in [0.15, 0.2) is 0 Å². The van der Waals surface area contributed by atoms with E-state index in [0.29, 0.717) is 0 Å². The summed E-state index contributed by atoms with van der Waals surface area (Å²) < 4.78 is 4.97. The Hall–Kier alpha value is 0.912. The first kappa shape index (κ1) is 8.91. The average Bonchev–Trinajstić information content (AvgIpc) is 1.25. The summed E-state index contributed by atoms with van der Waals surface area (Å²) in [5.74, 6) is 0. The summed E-state index contributed by atoms with van der Waals surface area (Å²) in [5, 5.41) is 7.19. The van der Waals surface area contributed by atoms with Crippen LogP contribution in [0.25, 0.3) is 0 Å². The van der Waals surface area contributed by atoms with E-state index in [1.807, 2.05) is 0 Å². The van der Waals surface area contributed by atoms with Gasteiger partial charge in [0.2, 0.25) is 0 Å². The van der Waals surface area contributed by atoms with Crippen molar-refractivity contribution in [2.24, 2.45) is 0 Å². The first-order chi connectivity index (χ1) is 3.31. The van der Waals surface area contributed by atoms with Crippen LogP contribution in [-0.2, 0) is 18.0 Å². The van der Waals surface area contributed by atoms with E-state index in [0.717, 1.165) is 5.08 Å². The van der Waals surface area contributed by atoms with Gasteiger partial charge in [-0.3, -0.25) is 0 Å². The summed E-state index contributed by atoms with van der Waals surface area (Å²) in [7, 11) is 7.87. The van der Waals surface area contributed by atoms with E-state index in [9.17, 15) is 0 Å². The summed E-state index contributed by atoms with van der Waals surface area (Å²) in [4.78, 5) is 0. The Morgan fingerprint density at radius 1 is 1.38 bits per heavy atom. The number of halogens is 1. The Kier molecular flexibility index (Phi) is 2.53. The summed E-state index contributed by atoms with van der Waals surface area (Å²) >= 11 is -2.55. The third kappa shape index (κ3) is 6.91. The Morgan fingerprint density at radius 2 is 1.75 bits per heavy atom. The molecule has 0 unspecified atom stereocenters. The van der Waals surface area contributed by atoms with Crippen LogP contribution in [0.5, 0.6) is 0 Å². The zero-order valence-electron chi connectivity index (χ0n) is 5.87. The van der Waals surface area contributed by atoms with E-state index in [-0.39, 0.29) is 0 Å². The fraction of sp³-hybridized carbons (Fsp3) is 1.00. The molecular weight excluding hydrogens is 298 g/mol. The van der Waals surface area contributed by atoms with E-state index in [2.05, 4.69) is 16.2 Å². The number of hydrogen-bond acceptors (Lipinski definition) is 1. The Morgan fingerprint density at radius 3 is 1.75 bits per heavy atom. The first-order valence-electron chi connectivity index (χ1n) is 2.24. The maximum absolute atomic E-state index is 6.17. The normalized spacial score (nSPS) is 17.4. The van der Waals surface area contributed by atoms with E-state index >= 15 is 0 Å². The SMILES string of the molecule is CO[CH2][Re]([CH3])([CH3])([CH3])[Cl]. The van der Waals surface area contributed by atoms with Crippen molar-refractivity contribution < 1.29 is 18.0 Å². The van der Waals surface area contributed by atoms with E-state index < -0.39 is 13.3 Å². The molecule has 8 heavy (non-hydrogen) atoms. The maximum atomic E-state index is 6.17. The molecular formula is C5H14ClORe. The fourth-order valence-electron chi connectivity index (χ4n) is 0.369. The molecule has 0 aliphatic carbocycles. The molecule has 0 rings (SSSR count). The number of hydrogen-bond donors (Lipinski definition) is 0. The summed E-state index contributed by atoms with van der Waals surface area (Å²) in [6.45, 7) is 0. The Labute approximate surface area is 56.1 Å². The first-order valence-corrected chi connectivity index (χ1v) is 15.7. The molecule has 0 aliphatic heterocycles. The summed E-state index contributed by atoms with van der Waals surface area (Å²) in [6.07, 6.45) is 0. The van der Waals surface area contributed by atoms with Crippen molar-refractivity contribution in [1.82, 2.24) is 0 Å². The molecule has 0 fully saturated rings.